The fourth-order valence-corrected chi connectivity index (χ4v) is 3.30. The molecular weight excluding hydrogens is 370 g/mol. The molecule has 0 aliphatic rings. The fraction of sp³-hybridized carbons (Fsp3) is 0.190. The molecule has 0 radical (unpaired) electrons. The second-order valence-corrected chi connectivity index (χ2v) is 7.21. The van der Waals surface area contributed by atoms with Crippen molar-refractivity contribution in [2.24, 2.45) is 0 Å². The lowest BCUT2D eigenvalue weighted by molar-refractivity contribution is 0.444. The molecule has 8 nitrogen and oxygen atoms in total. The molecule has 0 aliphatic carbocycles. The van der Waals surface area contributed by atoms with E-state index in [0.29, 0.717) is 17.0 Å². The number of nitrogens with zero attached hydrogens (tertiary/aromatic N) is 3. The molecular formula is C21H21N5O3. The number of phenolic OH excluding ortho intramolecular Hbond substituents is 2. The number of hydrogen-bond donors (Lipinski definition) is 4. The largest absolute Gasteiger partial charge is 0.508 e. The number of hydrogen-bond acceptors (Lipinski definition) is 5. The molecule has 2 heterocycles. The van der Waals surface area contributed by atoms with Crippen LogP contribution in [0, 0.1) is 0 Å². The molecule has 4 N–H and O–H groups in total. The van der Waals surface area contributed by atoms with E-state index in [2.05, 4.69) is 20.4 Å². The molecule has 0 bridgehead atoms. The van der Waals surface area contributed by atoms with Gasteiger partial charge in [-0.2, -0.15) is 10.2 Å². The van der Waals surface area contributed by atoms with Crippen LogP contribution in [0.1, 0.15) is 30.9 Å². The summed E-state index contributed by atoms with van der Waals surface area (Å²) in [5, 5.41) is 33.7. The average molecular weight is 391 g/mol. The minimum Gasteiger partial charge on any atom is -0.508 e. The van der Waals surface area contributed by atoms with Gasteiger partial charge in [-0.1, -0.05) is 38.1 Å². The van der Waals surface area contributed by atoms with Crippen molar-refractivity contribution in [1.29, 1.82) is 0 Å². The number of aromatic nitrogens is 5. The van der Waals surface area contributed by atoms with Gasteiger partial charge in [-0.3, -0.25) is 9.67 Å². The van der Waals surface area contributed by atoms with Crippen LogP contribution in [0.15, 0.2) is 53.6 Å². The molecule has 0 saturated heterocycles. The van der Waals surface area contributed by atoms with Crippen LogP contribution >= 0.6 is 0 Å². The van der Waals surface area contributed by atoms with Gasteiger partial charge in [0, 0.05) is 17.8 Å². The van der Waals surface area contributed by atoms with Crippen LogP contribution in [0.4, 0.5) is 0 Å². The van der Waals surface area contributed by atoms with E-state index in [9.17, 15) is 15.0 Å². The van der Waals surface area contributed by atoms with E-state index in [1.54, 1.807) is 12.3 Å². The molecule has 2 aromatic heterocycles. The molecule has 29 heavy (non-hydrogen) atoms. The second-order valence-electron chi connectivity index (χ2n) is 7.21. The summed E-state index contributed by atoms with van der Waals surface area (Å²) in [5.41, 5.74) is 3.58. The lowest BCUT2D eigenvalue weighted by Crippen LogP contribution is -2.18. The summed E-state index contributed by atoms with van der Waals surface area (Å²) in [7, 11) is 0. The Kier molecular flexibility index (Phi) is 4.67. The van der Waals surface area contributed by atoms with Gasteiger partial charge < -0.3 is 10.2 Å². The first-order valence-corrected chi connectivity index (χ1v) is 9.23. The monoisotopic (exact) mass is 391 g/mol. The van der Waals surface area contributed by atoms with Crippen molar-refractivity contribution in [1.82, 2.24) is 25.0 Å². The van der Waals surface area contributed by atoms with Crippen molar-refractivity contribution in [3.63, 3.8) is 0 Å². The highest BCUT2D eigenvalue weighted by Crippen LogP contribution is 2.36. The summed E-state index contributed by atoms with van der Waals surface area (Å²) in [4.78, 5) is 12.4. The van der Waals surface area contributed by atoms with E-state index in [0.717, 1.165) is 16.7 Å². The van der Waals surface area contributed by atoms with E-state index in [4.69, 9.17) is 0 Å². The second kappa shape index (κ2) is 7.31. The van der Waals surface area contributed by atoms with Gasteiger partial charge in [0.15, 0.2) is 5.82 Å². The van der Waals surface area contributed by atoms with Gasteiger partial charge in [-0.15, -0.1) is 0 Å². The Hall–Kier alpha value is -3.81. The summed E-state index contributed by atoms with van der Waals surface area (Å²) in [5.74, 6) is 0.236. The van der Waals surface area contributed by atoms with Crippen LogP contribution < -0.4 is 5.69 Å². The smallest absolute Gasteiger partial charge is 0.343 e. The quantitative estimate of drug-likeness (QED) is 0.416. The van der Waals surface area contributed by atoms with Crippen molar-refractivity contribution >= 4 is 0 Å². The summed E-state index contributed by atoms with van der Waals surface area (Å²) in [6.07, 6.45) is 3.56. The third kappa shape index (κ3) is 3.52. The number of aromatic amines is 2. The van der Waals surface area contributed by atoms with E-state index < -0.39 is 0 Å². The van der Waals surface area contributed by atoms with Crippen molar-refractivity contribution in [3.05, 3.63) is 70.4 Å². The molecule has 0 unspecified atom stereocenters. The fourth-order valence-electron chi connectivity index (χ4n) is 3.30. The van der Waals surface area contributed by atoms with Crippen LogP contribution in [-0.4, -0.2) is 35.2 Å². The Bertz CT molecular complexity index is 1190. The lowest BCUT2D eigenvalue weighted by Gasteiger charge is -2.13. The zero-order chi connectivity index (χ0) is 20.5. The Morgan fingerprint density at radius 1 is 1.07 bits per heavy atom. The van der Waals surface area contributed by atoms with Crippen LogP contribution in [0.25, 0.3) is 22.5 Å². The minimum atomic E-state index is -0.377. The number of phenols is 2. The Labute approximate surface area is 166 Å². The highest BCUT2D eigenvalue weighted by molar-refractivity contribution is 5.68. The Balaban J connectivity index is 1.70. The van der Waals surface area contributed by atoms with E-state index in [-0.39, 0.29) is 29.7 Å². The van der Waals surface area contributed by atoms with E-state index in [1.807, 2.05) is 44.3 Å². The van der Waals surface area contributed by atoms with Crippen LogP contribution in [0.3, 0.4) is 0 Å². The summed E-state index contributed by atoms with van der Waals surface area (Å²) in [6, 6.07) is 10.7. The summed E-state index contributed by atoms with van der Waals surface area (Å²) < 4.78 is 1.46. The molecule has 0 fully saturated rings. The zero-order valence-corrected chi connectivity index (χ0v) is 16.0. The summed E-state index contributed by atoms with van der Waals surface area (Å²) in [6.45, 7) is 4.16. The van der Waals surface area contributed by atoms with Gasteiger partial charge in [0.1, 0.15) is 11.5 Å². The SMILES string of the molecule is CC(C)c1cc(-c2n[nH]c(=O)n2Cc2ccc(-c3cn[nH]c3)cc2)c(O)cc1O. The van der Waals surface area contributed by atoms with Crippen molar-refractivity contribution in [2.75, 3.05) is 0 Å². The number of H-pyrrole nitrogens is 2. The van der Waals surface area contributed by atoms with E-state index >= 15 is 0 Å². The minimum absolute atomic E-state index is 0.0144. The van der Waals surface area contributed by atoms with Gasteiger partial charge in [-0.05, 0) is 28.7 Å². The first kappa shape index (κ1) is 18.5. The van der Waals surface area contributed by atoms with Crippen molar-refractivity contribution in [2.45, 2.75) is 26.3 Å². The molecule has 4 rings (SSSR count). The first-order chi connectivity index (χ1) is 13.9. The molecule has 2 aromatic carbocycles. The lowest BCUT2D eigenvalue weighted by atomic mass is 9.98. The van der Waals surface area contributed by atoms with Crippen LogP contribution in [-0.2, 0) is 6.54 Å². The number of benzene rings is 2. The topological polar surface area (TPSA) is 120 Å². The Morgan fingerprint density at radius 3 is 2.48 bits per heavy atom. The molecule has 0 saturated carbocycles. The van der Waals surface area contributed by atoms with Crippen molar-refractivity contribution < 1.29 is 10.2 Å². The zero-order valence-electron chi connectivity index (χ0n) is 16.0. The maximum atomic E-state index is 12.4. The van der Waals surface area contributed by atoms with Crippen molar-refractivity contribution in [3.8, 4) is 34.0 Å². The average Bonchev–Trinajstić information content (AvgIpc) is 3.34. The molecule has 0 aliphatic heterocycles. The molecule has 0 atom stereocenters. The van der Waals surface area contributed by atoms with Gasteiger partial charge in [0.25, 0.3) is 0 Å². The highest BCUT2D eigenvalue weighted by atomic mass is 16.3. The predicted octanol–water partition coefficient (Wildman–Crippen LogP) is 3.21. The molecule has 148 valence electrons. The maximum Gasteiger partial charge on any atom is 0.343 e. The van der Waals surface area contributed by atoms with Crippen LogP contribution in [0.5, 0.6) is 11.5 Å². The number of nitrogens with one attached hydrogen (secondary N) is 2. The highest BCUT2D eigenvalue weighted by Gasteiger charge is 2.18. The summed E-state index contributed by atoms with van der Waals surface area (Å²) >= 11 is 0. The maximum absolute atomic E-state index is 12.4. The molecule has 8 heteroatoms. The molecule has 4 aromatic rings. The normalized spacial score (nSPS) is 11.3. The number of aromatic hydroxyl groups is 2. The van der Waals surface area contributed by atoms with E-state index in [1.165, 1.54) is 10.6 Å². The predicted molar refractivity (Wildman–Crippen MR) is 109 cm³/mol. The third-order valence-corrected chi connectivity index (χ3v) is 4.89. The Morgan fingerprint density at radius 2 is 1.83 bits per heavy atom. The standard InChI is InChI=1S/C21H21N5O3/c1-12(2)16-7-17(19(28)8-18(16)27)20-24-25-21(29)26(20)11-13-3-5-14(6-4-13)15-9-22-23-10-15/h3-10,12,27-28H,11H2,1-2H3,(H,22,23)(H,25,29). The third-order valence-electron chi connectivity index (χ3n) is 4.89. The molecule has 0 amide bonds. The first-order valence-electron chi connectivity index (χ1n) is 9.23. The van der Waals surface area contributed by atoms with Gasteiger partial charge in [-0.25, -0.2) is 9.89 Å². The number of rotatable bonds is 5. The van der Waals surface area contributed by atoms with Gasteiger partial charge in [0.2, 0.25) is 0 Å². The van der Waals surface area contributed by atoms with Gasteiger partial charge >= 0.3 is 5.69 Å². The molecule has 0 spiro atoms. The van der Waals surface area contributed by atoms with Crippen LogP contribution in [0.2, 0.25) is 0 Å². The van der Waals surface area contributed by atoms with Gasteiger partial charge in [0.05, 0.1) is 18.3 Å².